The van der Waals surface area contributed by atoms with Crippen LogP contribution >= 0.6 is 0 Å². The molecule has 0 bridgehead atoms. The van der Waals surface area contributed by atoms with Gasteiger partial charge < -0.3 is 11.1 Å². The molecule has 1 aliphatic rings. The number of carbonyl (C=O) groups is 1. The number of benzene rings is 1. The maximum absolute atomic E-state index is 12.2. The second kappa shape index (κ2) is 6.06. The van der Waals surface area contributed by atoms with Crippen LogP contribution in [0.2, 0.25) is 0 Å². The van der Waals surface area contributed by atoms with Gasteiger partial charge in [0.2, 0.25) is 5.91 Å². The van der Waals surface area contributed by atoms with Crippen LogP contribution < -0.4 is 11.1 Å². The van der Waals surface area contributed by atoms with Gasteiger partial charge in [-0.2, -0.15) is 0 Å². The molecule has 1 aromatic carbocycles. The average Bonchev–Trinajstić information content (AvgIpc) is 2.89. The lowest BCUT2D eigenvalue weighted by Crippen LogP contribution is -2.36. The predicted octanol–water partition coefficient (Wildman–Crippen LogP) is 1.37. The van der Waals surface area contributed by atoms with Crippen LogP contribution in [-0.4, -0.2) is 16.9 Å². The van der Waals surface area contributed by atoms with Gasteiger partial charge in [-0.05, 0) is 41.7 Å². The minimum atomic E-state index is 0.0574. The number of hydrogen-bond acceptors (Lipinski definition) is 3. The zero-order valence-electron chi connectivity index (χ0n) is 11.9. The van der Waals surface area contributed by atoms with Crippen LogP contribution in [0.25, 0.3) is 0 Å². The van der Waals surface area contributed by atoms with E-state index in [1.807, 2.05) is 24.3 Å². The first-order valence-corrected chi connectivity index (χ1v) is 7.24. The minimum absolute atomic E-state index is 0.0574. The van der Waals surface area contributed by atoms with Crippen molar-refractivity contribution >= 4 is 5.91 Å². The number of rotatable bonds is 4. The average molecular weight is 281 g/mol. The van der Waals surface area contributed by atoms with Crippen molar-refractivity contribution < 1.29 is 4.79 Å². The molecule has 1 aromatic heterocycles. The van der Waals surface area contributed by atoms with Gasteiger partial charge in [0.25, 0.3) is 0 Å². The van der Waals surface area contributed by atoms with Gasteiger partial charge in [0, 0.05) is 18.8 Å². The molecule has 0 saturated heterocycles. The van der Waals surface area contributed by atoms with E-state index in [9.17, 15) is 4.79 Å². The third-order valence-electron chi connectivity index (χ3n) is 3.87. The van der Waals surface area contributed by atoms with E-state index in [1.165, 1.54) is 11.1 Å². The van der Waals surface area contributed by atoms with Crippen molar-refractivity contribution in [2.24, 2.45) is 5.73 Å². The van der Waals surface area contributed by atoms with E-state index in [2.05, 4.69) is 22.4 Å². The number of nitrogens with one attached hydrogen (secondary N) is 1. The highest BCUT2D eigenvalue weighted by molar-refractivity contribution is 5.79. The summed E-state index contributed by atoms with van der Waals surface area (Å²) in [5, 5.41) is 3.12. The van der Waals surface area contributed by atoms with Gasteiger partial charge >= 0.3 is 0 Å². The zero-order valence-corrected chi connectivity index (χ0v) is 11.9. The number of amides is 1. The molecular weight excluding hydrogens is 262 g/mol. The molecule has 2 aromatic rings. The fraction of sp³-hybridized carbons (Fsp3) is 0.294. The number of nitrogens with zero attached hydrogens (tertiary/aromatic N) is 1. The number of fused-ring (bicyclic) bond motifs is 1. The van der Waals surface area contributed by atoms with Crippen molar-refractivity contribution in [3.05, 3.63) is 65.0 Å². The van der Waals surface area contributed by atoms with Gasteiger partial charge in [0.15, 0.2) is 0 Å². The van der Waals surface area contributed by atoms with E-state index in [-0.39, 0.29) is 11.9 Å². The van der Waals surface area contributed by atoms with Crippen LogP contribution in [0.3, 0.4) is 0 Å². The number of carbonyl (C=O) groups excluding carboxylic acids is 1. The van der Waals surface area contributed by atoms with E-state index in [1.54, 1.807) is 6.20 Å². The Morgan fingerprint density at radius 2 is 1.95 bits per heavy atom. The Kier molecular flexibility index (Phi) is 3.97. The molecule has 21 heavy (non-hydrogen) atoms. The van der Waals surface area contributed by atoms with Gasteiger partial charge in [0.1, 0.15) is 0 Å². The summed E-state index contributed by atoms with van der Waals surface area (Å²) in [5.74, 6) is 0.0574. The van der Waals surface area contributed by atoms with E-state index >= 15 is 0 Å². The molecule has 0 fully saturated rings. The van der Waals surface area contributed by atoms with Crippen molar-refractivity contribution in [1.29, 1.82) is 0 Å². The summed E-state index contributed by atoms with van der Waals surface area (Å²) >= 11 is 0. The Morgan fingerprint density at radius 1 is 1.24 bits per heavy atom. The molecule has 0 saturated carbocycles. The van der Waals surface area contributed by atoms with Gasteiger partial charge in [-0.1, -0.05) is 24.3 Å². The summed E-state index contributed by atoms with van der Waals surface area (Å²) in [6, 6.07) is 12.3. The number of aromatic nitrogens is 1. The van der Waals surface area contributed by atoms with Crippen molar-refractivity contribution in [1.82, 2.24) is 10.3 Å². The van der Waals surface area contributed by atoms with E-state index in [0.29, 0.717) is 13.0 Å². The normalized spacial score (nSPS) is 14.0. The molecule has 3 rings (SSSR count). The lowest BCUT2D eigenvalue weighted by Gasteiger charge is -2.12. The first-order chi connectivity index (χ1) is 10.2. The molecule has 0 atom stereocenters. The Balaban J connectivity index is 1.58. The molecule has 0 unspecified atom stereocenters. The standard InChI is InChI=1S/C17H19N3O/c18-11-16-7-12(5-6-19-16)8-17(21)20-15-9-13-3-1-2-4-14(13)10-15/h1-7,15H,8-11,18H2,(H,20,21). The minimum Gasteiger partial charge on any atom is -0.352 e. The van der Waals surface area contributed by atoms with Crippen molar-refractivity contribution in [3.63, 3.8) is 0 Å². The van der Waals surface area contributed by atoms with Crippen LogP contribution in [0.5, 0.6) is 0 Å². The summed E-state index contributed by atoms with van der Waals surface area (Å²) < 4.78 is 0. The van der Waals surface area contributed by atoms with E-state index < -0.39 is 0 Å². The molecule has 1 amide bonds. The largest absolute Gasteiger partial charge is 0.352 e. The smallest absolute Gasteiger partial charge is 0.224 e. The molecule has 1 heterocycles. The molecule has 108 valence electrons. The lowest BCUT2D eigenvalue weighted by molar-refractivity contribution is -0.121. The van der Waals surface area contributed by atoms with Crippen LogP contribution in [0.15, 0.2) is 42.6 Å². The summed E-state index contributed by atoms with van der Waals surface area (Å²) in [7, 11) is 0. The maximum Gasteiger partial charge on any atom is 0.224 e. The van der Waals surface area contributed by atoms with Gasteiger partial charge in [-0.15, -0.1) is 0 Å². The fourth-order valence-electron chi connectivity index (χ4n) is 2.87. The molecular formula is C17H19N3O. The van der Waals surface area contributed by atoms with Crippen molar-refractivity contribution in [2.75, 3.05) is 0 Å². The third kappa shape index (κ3) is 3.28. The number of nitrogens with two attached hydrogens (primary N) is 1. The lowest BCUT2D eigenvalue weighted by atomic mass is 10.1. The van der Waals surface area contributed by atoms with Crippen molar-refractivity contribution in [2.45, 2.75) is 31.8 Å². The summed E-state index contributed by atoms with van der Waals surface area (Å²) in [5.41, 5.74) is 10.0. The highest BCUT2D eigenvalue weighted by Gasteiger charge is 2.22. The van der Waals surface area contributed by atoms with Gasteiger partial charge in [0.05, 0.1) is 12.1 Å². The van der Waals surface area contributed by atoms with E-state index in [0.717, 1.165) is 24.1 Å². The van der Waals surface area contributed by atoms with Crippen molar-refractivity contribution in [3.8, 4) is 0 Å². The van der Waals surface area contributed by atoms with Crippen LogP contribution in [0, 0.1) is 0 Å². The second-order valence-electron chi connectivity index (χ2n) is 5.48. The molecule has 4 nitrogen and oxygen atoms in total. The molecule has 1 aliphatic carbocycles. The topological polar surface area (TPSA) is 68.0 Å². The second-order valence-corrected chi connectivity index (χ2v) is 5.48. The number of hydrogen-bond donors (Lipinski definition) is 2. The van der Waals surface area contributed by atoms with Crippen LogP contribution in [0.1, 0.15) is 22.4 Å². The highest BCUT2D eigenvalue weighted by Crippen LogP contribution is 2.21. The SMILES string of the molecule is NCc1cc(CC(=O)NC2Cc3ccccc3C2)ccn1. The molecule has 0 spiro atoms. The monoisotopic (exact) mass is 281 g/mol. The fourth-order valence-corrected chi connectivity index (χ4v) is 2.87. The summed E-state index contributed by atoms with van der Waals surface area (Å²) in [6.45, 7) is 0.396. The van der Waals surface area contributed by atoms with Gasteiger partial charge in [-0.25, -0.2) is 0 Å². The molecule has 3 N–H and O–H groups in total. The summed E-state index contributed by atoms with van der Waals surface area (Å²) in [4.78, 5) is 16.3. The Hall–Kier alpha value is -2.20. The first kappa shape index (κ1) is 13.8. The van der Waals surface area contributed by atoms with Crippen LogP contribution in [0.4, 0.5) is 0 Å². The van der Waals surface area contributed by atoms with Crippen LogP contribution in [-0.2, 0) is 30.6 Å². The Labute approximate surface area is 124 Å². The molecule has 0 aliphatic heterocycles. The third-order valence-corrected chi connectivity index (χ3v) is 3.87. The number of pyridine rings is 1. The van der Waals surface area contributed by atoms with E-state index in [4.69, 9.17) is 5.73 Å². The Bertz CT molecular complexity index is 629. The summed E-state index contributed by atoms with van der Waals surface area (Å²) in [6.07, 6.45) is 3.93. The zero-order chi connectivity index (χ0) is 14.7. The highest BCUT2D eigenvalue weighted by atomic mass is 16.1. The maximum atomic E-state index is 12.2. The predicted molar refractivity (Wildman–Crippen MR) is 81.6 cm³/mol. The quantitative estimate of drug-likeness (QED) is 0.889. The Morgan fingerprint density at radius 3 is 2.62 bits per heavy atom. The molecule has 0 radical (unpaired) electrons. The molecule has 4 heteroatoms. The first-order valence-electron chi connectivity index (χ1n) is 7.24. The van der Waals surface area contributed by atoms with Gasteiger partial charge in [-0.3, -0.25) is 9.78 Å².